The molecule has 106 valence electrons. The lowest BCUT2D eigenvalue weighted by atomic mass is 10.1. The summed E-state index contributed by atoms with van der Waals surface area (Å²) in [5.74, 6) is 0. The number of halogens is 1. The van der Waals surface area contributed by atoms with E-state index in [4.69, 9.17) is 0 Å². The summed E-state index contributed by atoms with van der Waals surface area (Å²) in [6.07, 6.45) is 0.655. The average molecular weight is 355 g/mol. The molecule has 0 amide bonds. The van der Waals surface area contributed by atoms with Gasteiger partial charge in [-0.2, -0.15) is 0 Å². The van der Waals surface area contributed by atoms with Crippen LogP contribution in [0.5, 0.6) is 0 Å². The Morgan fingerprint density at radius 1 is 1.45 bits per heavy atom. The zero-order valence-electron chi connectivity index (χ0n) is 11.2. The number of thiophene rings is 1. The Morgan fingerprint density at radius 2 is 2.20 bits per heavy atom. The van der Waals surface area contributed by atoms with Crippen molar-refractivity contribution in [3.8, 4) is 0 Å². The van der Waals surface area contributed by atoms with Crippen molar-refractivity contribution in [2.75, 3.05) is 5.32 Å². The van der Waals surface area contributed by atoms with Gasteiger partial charge in [0, 0.05) is 26.7 Å². The predicted octanol–water partition coefficient (Wildman–Crippen LogP) is 5.15. The lowest BCUT2D eigenvalue weighted by molar-refractivity contribution is -0.385. The minimum atomic E-state index is -0.324. The Bertz CT molecular complexity index is 627. The van der Waals surface area contributed by atoms with Crippen molar-refractivity contribution in [1.29, 1.82) is 0 Å². The number of nitro groups is 1. The van der Waals surface area contributed by atoms with Crippen LogP contribution < -0.4 is 5.32 Å². The molecule has 6 heteroatoms. The highest BCUT2D eigenvalue weighted by Crippen LogP contribution is 2.32. The molecule has 1 aromatic heterocycles. The van der Waals surface area contributed by atoms with Gasteiger partial charge in [0.1, 0.15) is 0 Å². The van der Waals surface area contributed by atoms with Gasteiger partial charge in [-0.15, -0.1) is 11.3 Å². The van der Waals surface area contributed by atoms with Gasteiger partial charge in [-0.1, -0.05) is 13.0 Å². The molecule has 1 atom stereocenters. The number of benzene rings is 1. The first-order chi connectivity index (χ1) is 9.52. The highest BCUT2D eigenvalue weighted by Gasteiger charge is 2.15. The first-order valence-electron chi connectivity index (χ1n) is 6.29. The fraction of sp³-hybridized carbons (Fsp3) is 0.286. The Labute approximate surface area is 130 Å². The number of aryl methyl sites for hydroxylation is 1. The van der Waals surface area contributed by atoms with Crippen LogP contribution in [-0.4, -0.2) is 4.92 Å². The Hall–Kier alpha value is -1.40. The van der Waals surface area contributed by atoms with Crippen LogP contribution in [0, 0.1) is 10.1 Å². The molecular formula is C14H15BrN2O2S. The molecule has 0 bridgehead atoms. The average Bonchev–Trinajstić information content (AvgIpc) is 2.85. The molecule has 0 saturated carbocycles. The van der Waals surface area contributed by atoms with Gasteiger partial charge in [0.15, 0.2) is 0 Å². The number of nitro benzene ring substituents is 1. The van der Waals surface area contributed by atoms with E-state index >= 15 is 0 Å². The smallest absolute Gasteiger partial charge is 0.274 e. The summed E-state index contributed by atoms with van der Waals surface area (Å²) in [7, 11) is 0. The van der Waals surface area contributed by atoms with Crippen LogP contribution in [0.25, 0.3) is 0 Å². The highest BCUT2D eigenvalue weighted by atomic mass is 79.9. The largest absolute Gasteiger partial charge is 0.377 e. The molecule has 0 spiro atoms. The summed E-state index contributed by atoms with van der Waals surface area (Å²) >= 11 is 5.15. The standard InChI is InChI=1S/C14H15BrN2O2S/c1-3-10-4-5-11(8-13(10)17(18)19)16-9(2)14-12(15)6-7-20-14/h4-9,16H,3H2,1-2H3. The van der Waals surface area contributed by atoms with E-state index in [1.807, 2.05) is 37.4 Å². The molecule has 1 N–H and O–H groups in total. The molecule has 0 radical (unpaired) electrons. The molecule has 0 aliphatic carbocycles. The van der Waals surface area contributed by atoms with E-state index in [2.05, 4.69) is 21.2 Å². The molecule has 1 aromatic carbocycles. The topological polar surface area (TPSA) is 55.2 Å². The van der Waals surface area contributed by atoms with Crippen LogP contribution in [0.1, 0.15) is 30.3 Å². The minimum Gasteiger partial charge on any atom is -0.377 e. The van der Waals surface area contributed by atoms with Crippen molar-refractivity contribution < 1.29 is 4.92 Å². The third-order valence-electron chi connectivity index (χ3n) is 3.08. The summed E-state index contributed by atoms with van der Waals surface area (Å²) in [4.78, 5) is 11.9. The van der Waals surface area contributed by atoms with E-state index in [9.17, 15) is 10.1 Å². The molecule has 2 rings (SSSR count). The lowest BCUT2D eigenvalue weighted by Gasteiger charge is -2.15. The lowest BCUT2D eigenvalue weighted by Crippen LogP contribution is -2.06. The summed E-state index contributed by atoms with van der Waals surface area (Å²) in [6, 6.07) is 7.41. The zero-order valence-corrected chi connectivity index (χ0v) is 13.6. The predicted molar refractivity (Wildman–Crippen MR) is 86.5 cm³/mol. The highest BCUT2D eigenvalue weighted by molar-refractivity contribution is 9.10. The van der Waals surface area contributed by atoms with Crippen LogP contribution in [-0.2, 0) is 6.42 Å². The molecular weight excluding hydrogens is 340 g/mol. The number of nitrogens with one attached hydrogen (secondary N) is 1. The molecule has 2 aromatic rings. The maximum Gasteiger partial charge on any atom is 0.274 e. The first kappa shape index (κ1) is 15.0. The molecule has 0 aliphatic rings. The molecule has 1 unspecified atom stereocenters. The monoisotopic (exact) mass is 354 g/mol. The van der Waals surface area contributed by atoms with Crippen molar-refractivity contribution in [2.24, 2.45) is 0 Å². The minimum absolute atomic E-state index is 0.0939. The molecule has 20 heavy (non-hydrogen) atoms. The number of hydrogen-bond donors (Lipinski definition) is 1. The van der Waals surface area contributed by atoms with Crippen LogP contribution in [0.15, 0.2) is 34.1 Å². The second-order valence-corrected chi connectivity index (χ2v) is 6.26. The van der Waals surface area contributed by atoms with Crippen molar-refractivity contribution in [2.45, 2.75) is 26.3 Å². The van der Waals surface area contributed by atoms with E-state index in [0.717, 1.165) is 15.7 Å². The maximum absolute atomic E-state index is 11.1. The number of rotatable bonds is 5. The van der Waals surface area contributed by atoms with E-state index in [-0.39, 0.29) is 16.7 Å². The van der Waals surface area contributed by atoms with Crippen LogP contribution in [0.3, 0.4) is 0 Å². The van der Waals surface area contributed by atoms with Crippen molar-refractivity contribution in [3.05, 3.63) is 54.7 Å². The fourth-order valence-corrected chi connectivity index (χ4v) is 3.78. The second kappa shape index (κ2) is 6.37. The van der Waals surface area contributed by atoms with Gasteiger partial charge < -0.3 is 5.32 Å². The number of hydrogen-bond acceptors (Lipinski definition) is 4. The second-order valence-electron chi connectivity index (χ2n) is 4.45. The van der Waals surface area contributed by atoms with Crippen molar-refractivity contribution in [1.82, 2.24) is 0 Å². The molecule has 1 heterocycles. The Morgan fingerprint density at radius 3 is 2.75 bits per heavy atom. The van der Waals surface area contributed by atoms with Crippen LogP contribution in [0.4, 0.5) is 11.4 Å². The zero-order chi connectivity index (χ0) is 14.7. The van der Waals surface area contributed by atoms with Crippen molar-refractivity contribution in [3.63, 3.8) is 0 Å². The molecule has 0 saturated heterocycles. The molecule has 4 nitrogen and oxygen atoms in total. The summed E-state index contributed by atoms with van der Waals surface area (Å²) < 4.78 is 1.06. The van der Waals surface area contributed by atoms with E-state index in [0.29, 0.717) is 6.42 Å². The van der Waals surface area contributed by atoms with Gasteiger partial charge >= 0.3 is 0 Å². The molecule has 0 aliphatic heterocycles. The quantitative estimate of drug-likeness (QED) is 0.596. The van der Waals surface area contributed by atoms with E-state index < -0.39 is 0 Å². The number of nitrogens with zero attached hydrogens (tertiary/aromatic N) is 1. The van der Waals surface area contributed by atoms with Crippen LogP contribution in [0.2, 0.25) is 0 Å². The SMILES string of the molecule is CCc1ccc(NC(C)c2sccc2Br)cc1[N+](=O)[O-]. The van der Waals surface area contributed by atoms with Gasteiger partial charge in [-0.25, -0.2) is 0 Å². The van der Waals surface area contributed by atoms with Gasteiger partial charge in [-0.05, 0) is 46.8 Å². The van der Waals surface area contributed by atoms with Gasteiger partial charge in [0.25, 0.3) is 5.69 Å². The van der Waals surface area contributed by atoms with Gasteiger partial charge in [0.05, 0.1) is 11.0 Å². The summed E-state index contributed by atoms with van der Waals surface area (Å²) in [6.45, 7) is 3.96. The van der Waals surface area contributed by atoms with Gasteiger partial charge in [-0.3, -0.25) is 10.1 Å². The maximum atomic E-state index is 11.1. The van der Waals surface area contributed by atoms with Crippen molar-refractivity contribution >= 4 is 38.6 Å². The first-order valence-corrected chi connectivity index (χ1v) is 7.97. The van der Waals surface area contributed by atoms with E-state index in [1.165, 1.54) is 4.88 Å². The fourth-order valence-electron chi connectivity index (χ4n) is 2.05. The molecule has 0 fully saturated rings. The van der Waals surface area contributed by atoms with Gasteiger partial charge in [0.2, 0.25) is 0 Å². The van der Waals surface area contributed by atoms with E-state index in [1.54, 1.807) is 17.4 Å². The third kappa shape index (κ3) is 3.19. The Balaban J connectivity index is 2.24. The Kier molecular flexibility index (Phi) is 4.77. The summed E-state index contributed by atoms with van der Waals surface area (Å²) in [5, 5.41) is 16.4. The summed E-state index contributed by atoms with van der Waals surface area (Å²) in [5.41, 5.74) is 1.70. The number of anilines is 1. The third-order valence-corrected chi connectivity index (χ3v) is 5.14. The normalized spacial score (nSPS) is 12.2. The van der Waals surface area contributed by atoms with Crippen LogP contribution >= 0.6 is 27.3 Å².